The van der Waals surface area contributed by atoms with E-state index in [2.05, 4.69) is 65.4 Å². The molecule has 26 heavy (non-hydrogen) atoms. The third kappa shape index (κ3) is 8.67. The lowest BCUT2D eigenvalue weighted by Gasteiger charge is -2.26. The number of rotatable bonds is 7. The Hall–Kier alpha value is -1.60. The van der Waals surface area contributed by atoms with E-state index in [0.717, 1.165) is 19.2 Å². The topological polar surface area (TPSA) is 82.6 Å². The van der Waals surface area contributed by atoms with E-state index in [4.69, 9.17) is 0 Å². The van der Waals surface area contributed by atoms with Crippen LogP contribution in [0.3, 0.4) is 0 Å². The van der Waals surface area contributed by atoms with Crippen molar-refractivity contribution in [1.29, 1.82) is 0 Å². The number of hydrogen-bond acceptors (Lipinski definition) is 3. The molecule has 0 saturated heterocycles. The van der Waals surface area contributed by atoms with Gasteiger partial charge in [0.05, 0.1) is 6.26 Å². The molecule has 1 aromatic rings. The SMILES string of the molecule is CN=C(NCCc1ccc(C(C)(C)C)cc1)NCC(C)(C)NS(C)(=O)=O. The van der Waals surface area contributed by atoms with Crippen LogP contribution < -0.4 is 15.4 Å². The van der Waals surface area contributed by atoms with Crippen LogP contribution >= 0.6 is 0 Å². The zero-order valence-electron chi connectivity index (χ0n) is 17.1. The standard InChI is InChI=1S/C19H34N4O2S/c1-18(2,3)16-10-8-15(9-11-16)12-13-21-17(20-6)22-14-19(4,5)23-26(7,24)25/h8-11,23H,12-14H2,1-7H3,(H2,20,21,22). The summed E-state index contributed by atoms with van der Waals surface area (Å²) in [5.41, 5.74) is 2.15. The average Bonchev–Trinajstić information content (AvgIpc) is 2.48. The lowest BCUT2D eigenvalue weighted by atomic mass is 9.86. The van der Waals surface area contributed by atoms with Crippen LogP contribution in [0.5, 0.6) is 0 Å². The maximum Gasteiger partial charge on any atom is 0.209 e. The van der Waals surface area contributed by atoms with E-state index in [9.17, 15) is 8.42 Å². The molecule has 1 rings (SSSR count). The number of aliphatic imine (C=N–C) groups is 1. The third-order valence-corrected chi connectivity index (χ3v) is 4.83. The minimum Gasteiger partial charge on any atom is -0.356 e. The highest BCUT2D eigenvalue weighted by molar-refractivity contribution is 7.88. The summed E-state index contributed by atoms with van der Waals surface area (Å²) in [6.07, 6.45) is 2.04. The van der Waals surface area contributed by atoms with Crippen molar-refractivity contribution in [1.82, 2.24) is 15.4 Å². The second-order valence-electron chi connectivity index (χ2n) is 8.31. The summed E-state index contributed by atoms with van der Waals surface area (Å²) in [5, 5.41) is 6.42. The Balaban J connectivity index is 2.48. The Labute approximate surface area is 158 Å². The van der Waals surface area contributed by atoms with Crippen molar-refractivity contribution in [3.05, 3.63) is 35.4 Å². The predicted octanol–water partition coefficient (Wildman–Crippen LogP) is 2.02. The number of benzene rings is 1. The Morgan fingerprint density at radius 3 is 2.08 bits per heavy atom. The normalized spacial score (nSPS) is 13.6. The molecule has 6 nitrogen and oxygen atoms in total. The minimum atomic E-state index is -3.25. The summed E-state index contributed by atoms with van der Waals surface area (Å²) in [4.78, 5) is 4.18. The lowest BCUT2D eigenvalue weighted by molar-refractivity contribution is 0.446. The zero-order valence-corrected chi connectivity index (χ0v) is 17.9. The Bertz CT molecular complexity index is 702. The van der Waals surface area contributed by atoms with Gasteiger partial charge in [-0.2, -0.15) is 0 Å². The first-order valence-electron chi connectivity index (χ1n) is 8.85. The second-order valence-corrected chi connectivity index (χ2v) is 10.1. The van der Waals surface area contributed by atoms with Crippen LogP contribution in [0.1, 0.15) is 45.7 Å². The van der Waals surface area contributed by atoms with Crippen molar-refractivity contribution in [3.8, 4) is 0 Å². The second kappa shape index (κ2) is 8.86. The molecule has 7 heteroatoms. The lowest BCUT2D eigenvalue weighted by Crippen LogP contribution is -2.53. The van der Waals surface area contributed by atoms with Crippen LogP contribution in [0.4, 0.5) is 0 Å². The third-order valence-electron chi connectivity index (χ3n) is 3.91. The first-order chi connectivity index (χ1) is 11.8. The number of guanidine groups is 1. The minimum absolute atomic E-state index is 0.162. The summed E-state index contributed by atoms with van der Waals surface area (Å²) < 4.78 is 25.4. The van der Waals surface area contributed by atoms with Gasteiger partial charge in [-0.1, -0.05) is 45.0 Å². The van der Waals surface area contributed by atoms with Gasteiger partial charge in [-0.15, -0.1) is 0 Å². The maximum atomic E-state index is 11.4. The van der Waals surface area contributed by atoms with E-state index in [0.29, 0.717) is 12.5 Å². The van der Waals surface area contributed by atoms with E-state index in [1.54, 1.807) is 7.05 Å². The van der Waals surface area contributed by atoms with Gasteiger partial charge in [0.2, 0.25) is 10.0 Å². The molecule has 0 atom stereocenters. The zero-order chi connectivity index (χ0) is 20.0. The number of hydrogen-bond donors (Lipinski definition) is 3. The van der Waals surface area contributed by atoms with Gasteiger partial charge in [0.1, 0.15) is 0 Å². The van der Waals surface area contributed by atoms with E-state index < -0.39 is 15.6 Å². The molecule has 0 aliphatic carbocycles. The molecule has 0 spiro atoms. The fraction of sp³-hybridized carbons (Fsp3) is 0.632. The molecule has 0 radical (unpaired) electrons. The molecule has 0 saturated carbocycles. The van der Waals surface area contributed by atoms with Gasteiger partial charge >= 0.3 is 0 Å². The average molecular weight is 383 g/mol. The number of nitrogens with zero attached hydrogens (tertiary/aromatic N) is 1. The Kier molecular flexibility index (Phi) is 7.65. The predicted molar refractivity (Wildman–Crippen MR) is 110 cm³/mol. The number of sulfonamides is 1. The largest absolute Gasteiger partial charge is 0.356 e. The highest BCUT2D eigenvalue weighted by atomic mass is 32.2. The first-order valence-corrected chi connectivity index (χ1v) is 10.7. The molecule has 3 N–H and O–H groups in total. The van der Waals surface area contributed by atoms with Gasteiger partial charge in [-0.3, -0.25) is 4.99 Å². The van der Waals surface area contributed by atoms with Crippen molar-refractivity contribution in [3.63, 3.8) is 0 Å². The van der Waals surface area contributed by atoms with E-state index in [1.165, 1.54) is 11.1 Å². The van der Waals surface area contributed by atoms with Crippen LogP contribution in [0.2, 0.25) is 0 Å². The monoisotopic (exact) mass is 382 g/mol. The molecule has 0 amide bonds. The van der Waals surface area contributed by atoms with E-state index in [1.807, 2.05) is 13.8 Å². The van der Waals surface area contributed by atoms with E-state index >= 15 is 0 Å². The van der Waals surface area contributed by atoms with Crippen LogP contribution in [0.25, 0.3) is 0 Å². The van der Waals surface area contributed by atoms with Gasteiger partial charge in [-0.05, 0) is 36.8 Å². The van der Waals surface area contributed by atoms with Crippen LogP contribution in [0, 0.1) is 0 Å². The van der Waals surface area contributed by atoms with Gasteiger partial charge in [0, 0.05) is 25.7 Å². The number of nitrogens with one attached hydrogen (secondary N) is 3. The van der Waals surface area contributed by atoms with Gasteiger partial charge < -0.3 is 10.6 Å². The molecular weight excluding hydrogens is 348 g/mol. The van der Waals surface area contributed by atoms with Crippen LogP contribution in [-0.4, -0.2) is 46.3 Å². The molecule has 0 heterocycles. The summed E-state index contributed by atoms with van der Waals surface area (Å²) in [7, 11) is -1.55. The molecule has 0 aliphatic heterocycles. The van der Waals surface area contributed by atoms with Crippen LogP contribution in [0.15, 0.2) is 29.3 Å². The van der Waals surface area contributed by atoms with Crippen molar-refractivity contribution in [2.75, 3.05) is 26.4 Å². The van der Waals surface area contributed by atoms with E-state index in [-0.39, 0.29) is 5.41 Å². The van der Waals surface area contributed by atoms with Crippen LogP contribution in [-0.2, 0) is 21.9 Å². The van der Waals surface area contributed by atoms with Crippen molar-refractivity contribution < 1.29 is 8.42 Å². The summed E-state index contributed by atoms with van der Waals surface area (Å²) in [6.45, 7) is 11.4. The molecule has 148 valence electrons. The quantitative estimate of drug-likeness (QED) is 0.498. The van der Waals surface area contributed by atoms with Gasteiger partial charge in [0.25, 0.3) is 0 Å². The smallest absolute Gasteiger partial charge is 0.209 e. The van der Waals surface area contributed by atoms with Crippen molar-refractivity contribution >= 4 is 16.0 Å². The summed E-state index contributed by atoms with van der Waals surface area (Å²) in [6, 6.07) is 8.69. The first kappa shape index (κ1) is 22.4. The maximum absolute atomic E-state index is 11.4. The van der Waals surface area contributed by atoms with Crippen molar-refractivity contribution in [2.24, 2.45) is 4.99 Å². The molecule has 1 aromatic carbocycles. The highest BCUT2D eigenvalue weighted by Crippen LogP contribution is 2.22. The summed E-state index contributed by atoms with van der Waals surface area (Å²) >= 11 is 0. The molecule has 0 unspecified atom stereocenters. The Morgan fingerprint density at radius 1 is 1.04 bits per heavy atom. The Morgan fingerprint density at radius 2 is 1.62 bits per heavy atom. The molecule has 0 bridgehead atoms. The highest BCUT2D eigenvalue weighted by Gasteiger charge is 2.22. The fourth-order valence-corrected chi connectivity index (χ4v) is 3.64. The summed E-state index contributed by atoms with van der Waals surface area (Å²) in [5.74, 6) is 0.652. The molecular formula is C19H34N4O2S. The molecule has 0 fully saturated rings. The van der Waals surface area contributed by atoms with Gasteiger partial charge in [0.15, 0.2) is 5.96 Å². The van der Waals surface area contributed by atoms with Gasteiger partial charge in [-0.25, -0.2) is 13.1 Å². The molecule has 0 aromatic heterocycles. The fourth-order valence-electron chi connectivity index (χ4n) is 2.56. The van der Waals surface area contributed by atoms with Crippen molar-refractivity contribution in [2.45, 2.75) is 52.0 Å². The molecule has 0 aliphatic rings.